The van der Waals surface area contributed by atoms with E-state index in [1.807, 2.05) is 0 Å². The predicted octanol–water partition coefficient (Wildman–Crippen LogP) is -1.12. The molecule has 0 saturated heterocycles. The van der Waals surface area contributed by atoms with Gasteiger partial charge in [0.2, 0.25) is 0 Å². The number of hydrogen-bond acceptors (Lipinski definition) is 2. The third kappa shape index (κ3) is 15.7. The Balaban J connectivity index is -0.000000245. The first-order chi connectivity index (χ1) is 3.63. The van der Waals surface area contributed by atoms with E-state index in [1.165, 1.54) is 0 Å². The van der Waals surface area contributed by atoms with Crippen molar-refractivity contribution in [2.75, 3.05) is 0 Å². The number of rotatable bonds is 2. The van der Waals surface area contributed by atoms with Gasteiger partial charge in [-0.15, -0.1) is 0 Å². The van der Waals surface area contributed by atoms with Gasteiger partial charge in [0.25, 0.3) is 0 Å². The fourth-order valence-electron chi connectivity index (χ4n) is 0.143. The van der Waals surface area contributed by atoms with Gasteiger partial charge in [-0.25, -0.2) is 9.59 Å². The molecule has 0 aromatic heterocycles. The molecule has 60 valence electrons. The maximum absolute atomic E-state index is 9.55. The monoisotopic (exact) mass is 190 g/mol. The Labute approximate surface area is 67.1 Å². The Morgan fingerprint density at radius 2 is 1.20 bits per heavy atom. The van der Waals surface area contributed by atoms with E-state index in [2.05, 4.69) is 0 Å². The summed E-state index contributed by atoms with van der Waals surface area (Å²) in [4.78, 5) is 19.1. The van der Waals surface area contributed by atoms with E-state index in [9.17, 15) is 9.59 Å². The quantitative estimate of drug-likeness (QED) is 0.424. The van der Waals surface area contributed by atoms with Gasteiger partial charge in [0.05, 0.1) is 0 Å². The summed E-state index contributed by atoms with van der Waals surface area (Å²) in [5.74, 6) is -2.51. The van der Waals surface area contributed by atoms with E-state index >= 15 is 0 Å². The molecule has 0 aromatic carbocycles. The summed E-state index contributed by atoms with van der Waals surface area (Å²) < 4.78 is 0. The second-order valence-corrected chi connectivity index (χ2v) is 1.01. The molecule has 0 spiro atoms. The van der Waals surface area contributed by atoms with Crippen LogP contribution in [0.3, 0.4) is 0 Å². The molecule has 0 aliphatic rings. The van der Waals surface area contributed by atoms with Crippen LogP contribution in [0.25, 0.3) is 0 Å². The predicted molar refractivity (Wildman–Crippen MR) is 28.0 cm³/mol. The van der Waals surface area contributed by atoms with Crippen LogP contribution >= 0.6 is 0 Å². The van der Waals surface area contributed by atoms with Crippen LogP contribution in [-0.2, 0) is 26.7 Å². The summed E-state index contributed by atoms with van der Waals surface area (Å²) in [5.41, 5.74) is 0. The summed E-state index contributed by atoms with van der Waals surface area (Å²) in [5, 5.41) is 15.6. The largest absolute Gasteiger partial charge is 0.478 e. The molecule has 0 aliphatic carbocycles. The van der Waals surface area contributed by atoms with Crippen molar-refractivity contribution < 1.29 is 42.3 Å². The average molecular weight is 190 g/mol. The molecular formula is C4H6FeO5. The Morgan fingerprint density at radius 3 is 1.30 bits per heavy atom. The molecule has 10 heavy (non-hydrogen) atoms. The smallest absolute Gasteiger partial charge is 0.328 e. The normalized spacial score (nSPS) is 7.60. The van der Waals surface area contributed by atoms with Crippen LogP contribution in [0, 0.1) is 0 Å². The zero-order chi connectivity index (χ0) is 6.57. The standard InChI is InChI=1S/C4H4O4.Fe.H2O/c5-3(6)1-2-4(7)8;;/h1-2H,(H,5,6)(H,7,8);;1H2/b2-1+;;. The van der Waals surface area contributed by atoms with Gasteiger partial charge in [-0.05, 0) is 0 Å². The van der Waals surface area contributed by atoms with Gasteiger partial charge >= 0.3 is 11.9 Å². The third-order valence-electron chi connectivity index (χ3n) is 0.368. The van der Waals surface area contributed by atoms with Gasteiger partial charge in [0, 0.05) is 29.2 Å². The van der Waals surface area contributed by atoms with Crippen molar-refractivity contribution in [3.8, 4) is 0 Å². The Morgan fingerprint density at radius 1 is 1.00 bits per heavy atom. The van der Waals surface area contributed by atoms with Crippen LogP contribution in [0.15, 0.2) is 12.2 Å². The summed E-state index contributed by atoms with van der Waals surface area (Å²) in [6, 6.07) is 0. The van der Waals surface area contributed by atoms with Crippen LogP contribution in [-0.4, -0.2) is 27.6 Å². The van der Waals surface area contributed by atoms with Crippen molar-refractivity contribution in [3.63, 3.8) is 0 Å². The number of aliphatic carboxylic acids is 2. The maximum atomic E-state index is 9.55. The van der Waals surface area contributed by atoms with Gasteiger partial charge in [-0.3, -0.25) is 0 Å². The van der Waals surface area contributed by atoms with Crippen molar-refractivity contribution >= 4 is 11.9 Å². The molecule has 0 aliphatic heterocycles. The Bertz CT molecular complexity index is 125. The van der Waals surface area contributed by atoms with E-state index < -0.39 is 11.9 Å². The molecule has 0 saturated carbocycles. The van der Waals surface area contributed by atoms with Gasteiger partial charge in [-0.2, -0.15) is 0 Å². The van der Waals surface area contributed by atoms with Crippen LogP contribution in [0.4, 0.5) is 0 Å². The second kappa shape index (κ2) is 8.16. The van der Waals surface area contributed by atoms with Crippen molar-refractivity contribution in [3.05, 3.63) is 12.2 Å². The molecule has 0 fully saturated rings. The average Bonchev–Trinajstić information content (AvgIpc) is 1.61. The van der Waals surface area contributed by atoms with Crippen LogP contribution in [0.5, 0.6) is 0 Å². The zero-order valence-corrected chi connectivity index (χ0v) is 5.82. The first-order valence-corrected chi connectivity index (χ1v) is 1.77. The van der Waals surface area contributed by atoms with E-state index in [0.29, 0.717) is 12.2 Å². The van der Waals surface area contributed by atoms with Gasteiger partial charge in [0.1, 0.15) is 0 Å². The molecule has 0 atom stereocenters. The second-order valence-electron chi connectivity index (χ2n) is 1.01. The number of carbonyl (C=O) groups is 2. The molecule has 0 heterocycles. The van der Waals surface area contributed by atoms with E-state index in [1.54, 1.807) is 0 Å². The van der Waals surface area contributed by atoms with Crippen LogP contribution < -0.4 is 0 Å². The first-order valence-electron chi connectivity index (χ1n) is 1.77. The van der Waals surface area contributed by atoms with Crippen molar-refractivity contribution in [1.29, 1.82) is 0 Å². The van der Waals surface area contributed by atoms with Crippen molar-refractivity contribution in [2.45, 2.75) is 0 Å². The number of hydrogen-bond donors (Lipinski definition) is 2. The number of carboxylic acid groups (broad SMARTS) is 2. The fraction of sp³-hybridized carbons (Fsp3) is 0. The van der Waals surface area contributed by atoms with Crippen LogP contribution in [0.1, 0.15) is 0 Å². The van der Waals surface area contributed by atoms with Gasteiger partial charge in [-0.1, -0.05) is 0 Å². The van der Waals surface area contributed by atoms with E-state index in [4.69, 9.17) is 10.2 Å². The third-order valence-corrected chi connectivity index (χ3v) is 0.368. The summed E-state index contributed by atoms with van der Waals surface area (Å²) in [7, 11) is 0. The summed E-state index contributed by atoms with van der Waals surface area (Å²) in [6.45, 7) is 0. The Hall–Kier alpha value is -0.841. The molecule has 0 amide bonds. The molecular weight excluding hydrogens is 184 g/mol. The Kier molecular flexibility index (Phi) is 13.1. The molecule has 0 rings (SSSR count). The van der Waals surface area contributed by atoms with Gasteiger partial charge < -0.3 is 15.7 Å². The first kappa shape index (κ1) is 16.1. The van der Waals surface area contributed by atoms with E-state index in [0.717, 1.165) is 0 Å². The maximum Gasteiger partial charge on any atom is 0.328 e. The topological polar surface area (TPSA) is 106 Å². The molecule has 6 heteroatoms. The fourth-order valence-corrected chi connectivity index (χ4v) is 0.143. The molecule has 4 N–H and O–H groups in total. The van der Waals surface area contributed by atoms with Crippen molar-refractivity contribution in [1.82, 2.24) is 0 Å². The molecule has 0 unspecified atom stereocenters. The zero-order valence-electron chi connectivity index (χ0n) is 4.72. The van der Waals surface area contributed by atoms with Crippen LogP contribution in [0.2, 0.25) is 0 Å². The molecule has 0 radical (unpaired) electrons. The van der Waals surface area contributed by atoms with Gasteiger partial charge in [0.15, 0.2) is 0 Å². The SMILES string of the molecule is O.O=C(O)/C=C/C(=O)O.[Fe]. The molecule has 0 bridgehead atoms. The number of carboxylic acids is 2. The minimum absolute atomic E-state index is 0. The minimum Gasteiger partial charge on any atom is -0.478 e. The van der Waals surface area contributed by atoms with E-state index in [-0.39, 0.29) is 22.5 Å². The summed E-state index contributed by atoms with van der Waals surface area (Å²) in [6.07, 6.45) is 1.12. The molecule has 0 aromatic rings. The summed E-state index contributed by atoms with van der Waals surface area (Å²) >= 11 is 0. The van der Waals surface area contributed by atoms with Crippen molar-refractivity contribution in [2.24, 2.45) is 0 Å². The molecule has 5 nitrogen and oxygen atoms in total. The minimum atomic E-state index is -1.26.